The molecule has 0 amide bonds. The smallest absolute Gasteiger partial charge is 0.147 e. The Morgan fingerprint density at radius 2 is 1.95 bits per heavy atom. The molecule has 0 fully saturated rings. The topological polar surface area (TPSA) is 55.4 Å². The molecule has 0 aliphatic heterocycles. The molecule has 1 aromatic rings. The maximum absolute atomic E-state index is 11.2. The van der Waals surface area contributed by atoms with Crippen LogP contribution in [0, 0.1) is 6.92 Å². The highest BCUT2D eigenvalue weighted by Gasteiger charge is 2.15. The lowest BCUT2D eigenvalue weighted by atomic mass is 10.0. The molecule has 0 aliphatic rings. The van der Waals surface area contributed by atoms with Crippen LogP contribution >= 0.6 is 0 Å². The lowest BCUT2D eigenvalue weighted by molar-refractivity contribution is 0.394. The summed E-state index contributed by atoms with van der Waals surface area (Å²) in [4.78, 5) is 0. The summed E-state index contributed by atoms with van der Waals surface area (Å²) in [6.07, 6.45) is 1.88. The van der Waals surface area contributed by atoms with E-state index in [1.807, 2.05) is 26.0 Å². The number of aryl methyl sites for hydroxylation is 1. The number of rotatable bonds is 7. The Morgan fingerprint density at radius 3 is 2.50 bits per heavy atom. The number of methoxy groups -OCH3 is 1. The second-order valence-corrected chi connectivity index (χ2v) is 7.71. The van der Waals surface area contributed by atoms with Gasteiger partial charge in [0.05, 0.1) is 12.9 Å². The van der Waals surface area contributed by atoms with Crippen molar-refractivity contribution >= 4 is 9.84 Å². The first kappa shape index (κ1) is 17.0. The summed E-state index contributed by atoms with van der Waals surface area (Å²) in [6, 6.07) is 6.32. The maximum Gasteiger partial charge on any atom is 0.147 e. The van der Waals surface area contributed by atoms with Crippen LogP contribution in [0.4, 0.5) is 0 Å². The second kappa shape index (κ2) is 7.09. The molecule has 5 heteroatoms. The molecule has 1 N–H and O–H groups in total. The zero-order valence-corrected chi connectivity index (χ0v) is 13.8. The zero-order valence-electron chi connectivity index (χ0n) is 12.9. The minimum Gasteiger partial charge on any atom is -0.496 e. The molecule has 4 nitrogen and oxygen atoms in total. The second-order valence-electron chi connectivity index (χ2n) is 5.45. The molecule has 114 valence electrons. The van der Waals surface area contributed by atoms with Crippen molar-refractivity contribution in [3.63, 3.8) is 0 Å². The van der Waals surface area contributed by atoms with Crippen LogP contribution in [-0.4, -0.2) is 33.6 Å². The van der Waals surface area contributed by atoms with Crippen molar-refractivity contribution in [2.75, 3.05) is 19.1 Å². The summed E-state index contributed by atoms with van der Waals surface area (Å²) in [5.41, 5.74) is 2.27. The van der Waals surface area contributed by atoms with Gasteiger partial charge in [0.1, 0.15) is 15.6 Å². The molecule has 0 radical (unpaired) electrons. The summed E-state index contributed by atoms with van der Waals surface area (Å²) in [6.45, 7) is 6.11. The van der Waals surface area contributed by atoms with Crippen molar-refractivity contribution in [3.05, 3.63) is 29.3 Å². The van der Waals surface area contributed by atoms with Crippen LogP contribution < -0.4 is 10.1 Å². The summed E-state index contributed by atoms with van der Waals surface area (Å²) in [5.74, 6) is 1.06. The molecule has 0 aromatic heterocycles. The third-order valence-electron chi connectivity index (χ3n) is 3.31. The molecule has 0 unspecified atom stereocenters. The third-order valence-corrected chi connectivity index (χ3v) is 4.29. The molecule has 0 bridgehead atoms. The van der Waals surface area contributed by atoms with Crippen LogP contribution in [0.15, 0.2) is 18.2 Å². The molecule has 2 atom stereocenters. The molecule has 0 saturated heterocycles. The lowest BCUT2D eigenvalue weighted by Gasteiger charge is -2.22. The van der Waals surface area contributed by atoms with Gasteiger partial charge in [-0.15, -0.1) is 0 Å². The van der Waals surface area contributed by atoms with E-state index in [1.165, 1.54) is 11.8 Å². The van der Waals surface area contributed by atoms with Gasteiger partial charge < -0.3 is 10.1 Å². The van der Waals surface area contributed by atoms with E-state index < -0.39 is 9.84 Å². The molecular formula is C15H25NO3S. The van der Waals surface area contributed by atoms with Crippen LogP contribution in [0.1, 0.15) is 37.4 Å². The van der Waals surface area contributed by atoms with Crippen molar-refractivity contribution in [2.24, 2.45) is 0 Å². The first-order valence-electron chi connectivity index (χ1n) is 6.81. The van der Waals surface area contributed by atoms with Gasteiger partial charge in [-0.2, -0.15) is 0 Å². The fourth-order valence-corrected chi connectivity index (χ4v) is 2.96. The molecule has 0 saturated carbocycles. The van der Waals surface area contributed by atoms with E-state index in [0.717, 1.165) is 11.3 Å². The van der Waals surface area contributed by atoms with Crippen molar-refractivity contribution in [2.45, 2.75) is 39.3 Å². The standard InChI is InChI=1S/C15H25NO3S/c1-11-6-7-15(19-4)14(10-11)13(3)16-12(2)8-9-20(5,17)18/h6-7,10,12-13,16H,8-9H2,1-5H3/t12-,13+/m1/s1. The number of benzene rings is 1. The van der Waals surface area contributed by atoms with E-state index >= 15 is 0 Å². The van der Waals surface area contributed by atoms with Crippen LogP contribution in [0.25, 0.3) is 0 Å². The van der Waals surface area contributed by atoms with Gasteiger partial charge in [0, 0.05) is 23.9 Å². The van der Waals surface area contributed by atoms with E-state index in [1.54, 1.807) is 7.11 Å². The number of ether oxygens (including phenoxy) is 1. The first-order chi connectivity index (χ1) is 9.23. The minimum atomic E-state index is -2.90. The van der Waals surface area contributed by atoms with Crippen molar-refractivity contribution in [1.82, 2.24) is 5.32 Å². The predicted octanol–water partition coefficient (Wildman–Crippen LogP) is 2.48. The van der Waals surface area contributed by atoms with Crippen molar-refractivity contribution in [3.8, 4) is 5.75 Å². The molecular weight excluding hydrogens is 274 g/mol. The Labute approximate surface area is 122 Å². The van der Waals surface area contributed by atoms with Gasteiger partial charge in [0.15, 0.2) is 0 Å². The molecule has 0 aliphatic carbocycles. The first-order valence-corrected chi connectivity index (χ1v) is 8.87. The Hall–Kier alpha value is -1.07. The fourth-order valence-electron chi connectivity index (χ4n) is 2.18. The molecule has 1 aromatic carbocycles. The van der Waals surface area contributed by atoms with Gasteiger partial charge >= 0.3 is 0 Å². The molecule has 0 heterocycles. The Bertz CT molecular complexity index is 540. The number of nitrogens with one attached hydrogen (secondary N) is 1. The number of sulfone groups is 1. The van der Waals surface area contributed by atoms with Crippen LogP contribution in [0.3, 0.4) is 0 Å². The maximum atomic E-state index is 11.2. The SMILES string of the molecule is COc1ccc(C)cc1[C@H](C)N[C@H](C)CCS(C)(=O)=O. The van der Waals surface area contributed by atoms with Gasteiger partial charge in [-0.25, -0.2) is 8.42 Å². The molecule has 20 heavy (non-hydrogen) atoms. The summed E-state index contributed by atoms with van der Waals surface area (Å²) in [5, 5.41) is 3.43. The highest BCUT2D eigenvalue weighted by Crippen LogP contribution is 2.26. The fraction of sp³-hybridized carbons (Fsp3) is 0.600. The van der Waals surface area contributed by atoms with Gasteiger partial charge in [-0.3, -0.25) is 0 Å². The van der Waals surface area contributed by atoms with Gasteiger partial charge in [0.25, 0.3) is 0 Å². The number of hydrogen-bond acceptors (Lipinski definition) is 4. The Morgan fingerprint density at radius 1 is 1.30 bits per heavy atom. The van der Waals surface area contributed by atoms with Crippen LogP contribution in [-0.2, 0) is 9.84 Å². The third kappa shape index (κ3) is 5.51. The van der Waals surface area contributed by atoms with Gasteiger partial charge in [-0.05, 0) is 33.3 Å². The summed E-state index contributed by atoms with van der Waals surface area (Å²) in [7, 11) is -1.24. The van der Waals surface area contributed by atoms with E-state index in [0.29, 0.717) is 6.42 Å². The van der Waals surface area contributed by atoms with Crippen LogP contribution in [0.2, 0.25) is 0 Å². The normalized spacial score (nSPS) is 14.8. The monoisotopic (exact) mass is 299 g/mol. The average molecular weight is 299 g/mol. The Kier molecular flexibility index (Phi) is 6.02. The summed E-state index contributed by atoms with van der Waals surface area (Å²) >= 11 is 0. The highest BCUT2D eigenvalue weighted by molar-refractivity contribution is 7.90. The number of hydrogen-bond donors (Lipinski definition) is 1. The van der Waals surface area contributed by atoms with E-state index in [4.69, 9.17) is 4.74 Å². The minimum absolute atomic E-state index is 0.111. The van der Waals surface area contributed by atoms with Crippen molar-refractivity contribution in [1.29, 1.82) is 0 Å². The molecule has 1 rings (SSSR count). The van der Waals surface area contributed by atoms with Crippen molar-refractivity contribution < 1.29 is 13.2 Å². The largest absolute Gasteiger partial charge is 0.496 e. The van der Waals surface area contributed by atoms with E-state index in [9.17, 15) is 8.42 Å². The summed E-state index contributed by atoms with van der Waals surface area (Å²) < 4.78 is 27.8. The average Bonchev–Trinajstić information content (AvgIpc) is 2.35. The Balaban J connectivity index is 2.71. The van der Waals surface area contributed by atoms with Gasteiger partial charge in [-0.1, -0.05) is 17.7 Å². The predicted molar refractivity (Wildman–Crippen MR) is 83.1 cm³/mol. The lowest BCUT2D eigenvalue weighted by Crippen LogP contribution is -2.30. The van der Waals surface area contributed by atoms with E-state index in [-0.39, 0.29) is 17.8 Å². The quantitative estimate of drug-likeness (QED) is 0.840. The zero-order chi connectivity index (χ0) is 15.3. The highest BCUT2D eigenvalue weighted by atomic mass is 32.2. The van der Waals surface area contributed by atoms with Gasteiger partial charge in [0.2, 0.25) is 0 Å². The van der Waals surface area contributed by atoms with Crippen LogP contribution in [0.5, 0.6) is 5.75 Å². The molecule has 0 spiro atoms. The van der Waals surface area contributed by atoms with E-state index in [2.05, 4.69) is 18.3 Å².